The summed E-state index contributed by atoms with van der Waals surface area (Å²) in [7, 11) is 0. The summed E-state index contributed by atoms with van der Waals surface area (Å²) in [6.45, 7) is 5.42. The zero-order valence-corrected chi connectivity index (χ0v) is 17.3. The largest absolute Gasteiger partial charge is 0.278 e. The van der Waals surface area contributed by atoms with Crippen molar-refractivity contribution in [1.29, 1.82) is 0 Å². The Morgan fingerprint density at radius 2 is 1.13 bits per heavy atom. The van der Waals surface area contributed by atoms with Gasteiger partial charge < -0.3 is 0 Å². The van der Waals surface area contributed by atoms with Crippen molar-refractivity contribution in [2.45, 2.75) is 33.0 Å². The van der Waals surface area contributed by atoms with Gasteiger partial charge in [-0.2, -0.15) is 0 Å². The molecule has 0 aromatic carbocycles. The average molecular weight is 396 g/mol. The summed E-state index contributed by atoms with van der Waals surface area (Å²) in [4.78, 5) is 20.9. The first kappa shape index (κ1) is 19.9. The standard InChI is InChI=1S/C25H25N5/c1-19-9-11-21(28-15-19)17-30(18-22-12-10-20(2)16-29-22)25(23-7-3-5-13-26-23)24-8-4-6-14-27-24/h3-16,25H,17-18H2,1-2H3. The van der Waals surface area contributed by atoms with E-state index in [1.807, 2.05) is 49.1 Å². The van der Waals surface area contributed by atoms with E-state index < -0.39 is 0 Å². The fourth-order valence-electron chi connectivity index (χ4n) is 3.44. The average Bonchev–Trinajstić information content (AvgIpc) is 2.78. The van der Waals surface area contributed by atoms with Gasteiger partial charge in [0.1, 0.15) is 0 Å². The van der Waals surface area contributed by atoms with Crippen molar-refractivity contribution in [1.82, 2.24) is 24.8 Å². The van der Waals surface area contributed by atoms with Crippen molar-refractivity contribution in [3.05, 3.63) is 119 Å². The second-order valence-electron chi connectivity index (χ2n) is 7.47. The monoisotopic (exact) mass is 395 g/mol. The molecule has 5 nitrogen and oxygen atoms in total. The van der Waals surface area contributed by atoms with Gasteiger partial charge >= 0.3 is 0 Å². The van der Waals surface area contributed by atoms with Crippen molar-refractivity contribution < 1.29 is 0 Å². The molecule has 4 rings (SSSR count). The second kappa shape index (κ2) is 9.37. The molecule has 0 N–H and O–H groups in total. The zero-order chi connectivity index (χ0) is 20.8. The van der Waals surface area contributed by atoms with Crippen molar-refractivity contribution in [3.8, 4) is 0 Å². The van der Waals surface area contributed by atoms with Crippen molar-refractivity contribution >= 4 is 0 Å². The zero-order valence-electron chi connectivity index (χ0n) is 17.3. The Labute approximate surface area is 177 Å². The molecule has 0 fully saturated rings. The van der Waals surface area contributed by atoms with Gasteiger partial charge in [-0.15, -0.1) is 0 Å². The van der Waals surface area contributed by atoms with Crippen molar-refractivity contribution in [3.63, 3.8) is 0 Å². The van der Waals surface area contributed by atoms with Gasteiger partial charge in [0.05, 0.1) is 28.8 Å². The summed E-state index contributed by atoms with van der Waals surface area (Å²) in [5.41, 5.74) is 6.22. The maximum atomic E-state index is 4.67. The Bertz CT molecular complexity index is 961. The Balaban J connectivity index is 1.75. The van der Waals surface area contributed by atoms with E-state index in [4.69, 9.17) is 0 Å². The van der Waals surface area contributed by atoms with Crippen LogP contribution in [0.2, 0.25) is 0 Å². The molecule has 0 spiro atoms. The van der Waals surface area contributed by atoms with E-state index in [0.717, 1.165) is 33.9 Å². The van der Waals surface area contributed by atoms with Crippen molar-refractivity contribution in [2.75, 3.05) is 0 Å². The molecule has 4 aromatic rings. The first-order valence-corrected chi connectivity index (χ1v) is 10.1. The van der Waals surface area contributed by atoms with E-state index in [-0.39, 0.29) is 6.04 Å². The number of aryl methyl sites for hydroxylation is 2. The third kappa shape index (κ3) is 4.93. The van der Waals surface area contributed by atoms with Crippen LogP contribution in [0.5, 0.6) is 0 Å². The van der Waals surface area contributed by atoms with Crippen LogP contribution in [-0.4, -0.2) is 24.8 Å². The highest BCUT2D eigenvalue weighted by Crippen LogP contribution is 2.28. The van der Waals surface area contributed by atoms with Gasteiger partial charge in [0, 0.05) is 37.9 Å². The summed E-state index contributed by atoms with van der Waals surface area (Å²) in [5.74, 6) is 0. The fraction of sp³-hybridized carbons (Fsp3) is 0.200. The molecule has 0 aliphatic rings. The van der Waals surface area contributed by atoms with Gasteiger partial charge in [0.2, 0.25) is 0 Å². The lowest BCUT2D eigenvalue weighted by Crippen LogP contribution is -2.31. The Hall–Kier alpha value is -3.44. The molecule has 0 saturated carbocycles. The number of hydrogen-bond acceptors (Lipinski definition) is 5. The van der Waals surface area contributed by atoms with Crippen molar-refractivity contribution in [2.24, 2.45) is 0 Å². The second-order valence-corrected chi connectivity index (χ2v) is 7.47. The topological polar surface area (TPSA) is 54.8 Å². The smallest absolute Gasteiger partial charge is 0.0956 e. The lowest BCUT2D eigenvalue weighted by molar-refractivity contribution is 0.195. The van der Waals surface area contributed by atoms with Gasteiger partial charge in [-0.1, -0.05) is 24.3 Å². The lowest BCUT2D eigenvalue weighted by atomic mass is 10.0. The molecule has 0 aliphatic carbocycles. The number of rotatable bonds is 7. The molecular weight excluding hydrogens is 370 g/mol. The van der Waals surface area contributed by atoms with Crippen LogP contribution in [0, 0.1) is 13.8 Å². The minimum absolute atomic E-state index is 0.112. The molecule has 30 heavy (non-hydrogen) atoms. The van der Waals surface area contributed by atoms with Crippen LogP contribution in [0.1, 0.15) is 39.9 Å². The molecule has 0 bridgehead atoms. The SMILES string of the molecule is Cc1ccc(CN(Cc2ccc(C)cn2)C(c2ccccn2)c2ccccn2)nc1. The predicted octanol–water partition coefficient (Wildman–Crippen LogP) is 4.68. The third-order valence-electron chi connectivity index (χ3n) is 4.98. The number of aromatic nitrogens is 4. The van der Waals surface area contributed by atoms with E-state index in [0.29, 0.717) is 13.1 Å². The Morgan fingerprint density at radius 3 is 1.50 bits per heavy atom. The normalized spacial score (nSPS) is 11.2. The Morgan fingerprint density at radius 1 is 0.633 bits per heavy atom. The van der Waals surface area contributed by atoms with Crippen LogP contribution in [0.15, 0.2) is 85.5 Å². The summed E-state index contributed by atoms with van der Waals surface area (Å²) >= 11 is 0. The minimum atomic E-state index is -0.112. The van der Waals surface area contributed by atoms with E-state index >= 15 is 0 Å². The van der Waals surface area contributed by atoms with Crippen LogP contribution >= 0.6 is 0 Å². The molecular formula is C25H25N5. The van der Waals surface area contributed by atoms with Gasteiger partial charge in [-0.05, 0) is 61.4 Å². The Kier molecular flexibility index (Phi) is 6.20. The first-order chi connectivity index (χ1) is 14.7. The molecule has 0 unspecified atom stereocenters. The molecule has 4 aromatic heterocycles. The van der Waals surface area contributed by atoms with Crippen LogP contribution in [0.25, 0.3) is 0 Å². The summed E-state index contributed by atoms with van der Waals surface area (Å²) in [6, 6.07) is 20.3. The molecule has 0 amide bonds. The highest BCUT2D eigenvalue weighted by Gasteiger charge is 2.26. The first-order valence-electron chi connectivity index (χ1n) is 10.1. The maximum Gasteiger partial charge on any atom is 0.0956 e. The number of pyridine rings is 4. The highest BCUT2D eigenvalue weighted by atomic mass is 15.2. The molecule has 150 valence electrons. The van der Waals surface area contributed by atoms with E-state index in [1.54, 1.807) is 0 Å². The van der Waals surface area contributed by atoms with Crippen LogP contribution in [0.3, 0.4) is 0 Å². The van der Waals surface area contributed by atoms with E-state index in [1.165, 1.54) is 0 Å². The summed E-state index contributed by atoms with van der Waals surface area (Å²) in [5, 5.41) is 0. The lowest BCUT2D eigenvalue weighted by Gasteiger charge is -2.30. The molecule has 0 radical (unpaired) electrons. The van der Waals surface area contributed by atoms with Crippen LogP contribution in [-0.2, 0) is 13.1 Å². The summed E-state index contributed by atoms with van der Waals surface area (Å²) in [6.07, 6.45) is 7.48. The number of nitrogens with zero attached hydrogens (tertiary/aromatic N) is 5. The molecule has 4 heterocycles. The van der Waals surface area contributed by atoms with Gasteiger partial charge in [-0.25, -0.2) is 0 Å². The molecule has 0 atom stereocenters. The number of hydrogen-bond donors (Lipinski definition) is 0. The van der Waals surface area contributed by atoms with Gasteiger partial charge in [0.15, 0.2) is 0 Å². The summed E-state index contributed by atoms with van der Waals surface area (Å²) < 4.78 is 0. The minimum Gasteiger partial charge on any atom is -0.278 e. The van der Waals surface area contributed by atoms with Gasteiger partial charge in [0.25, 0.3) is 0 Å². The highest BCUT2D eigenvalue weighted by molar-refractivity contribution is 5.24. The molecule has 5 heteroatoms. The fourth-order valence-corrected chi connectivity index (χ4v) is 3.44. The molecule has 0 saturated heterocycles. The third-order valence-corrected chi connectivity index (χ3v) is 4.98. The maximum absolute atomic E-state index is 4.67. The quantitative estimate of drug-likeness (QED) is 0.455. The van der Waals surface area contributed by atoms with Crippen LogP contribution < -0.4 is 0 Å². The van der Waals surface area contributed by atoms with Gasteiger partial charge in [-0.3, -0.25) is 24.8 Å². The van der Waals surface area contributed by atoms with E-state index in [2.05, 4.69) is 75.1 Å². The predicted molar refractivity (Wildman–Crippen MR) is 118 cm³/mol. The molecule has 0 aliphatic heterocycles. The van der Waals surface area contributed by atoms with E-state index in [9.17, 15) is 0 Å². The van der Waals surface area contributed by atoms with Crippen LogP contribution in [0.4, 0.5) is 0 Å².